The number of carbonyl (C=O) groups excluding carboxylic acids is 2. The summed E-state index contributed by atoms with van der Waals surface area (Å²) in [5, 5.41) is 14.3. The molecule has 0 unspecified atom stereocenters. The SMILES string of the molecule is C[C@@H](CCCC1CCN(C(=O)[C@](O)(c2ccccc2)C(F)(F)F)CC1)Nc1ccc(C(=O)N(C)C)c(Cl)c1. The number of amides is 2. The lowest BCUT2D eigenvalue weighted by Gasteiger charge is -2.38. The number of rotatable bonds is 9. The zero-order valence-electron chi connectivity index (χ0n) is 21.9. The number of halogens is 4. The van der Waals surface area contributed by atoms with Gasteiger partial charge in [-0.2, -0.15) is 13.2 Å². The van der Waals surface area contributed by atoms with Crippen LogP contribution in [-0.2, 0) is 10.4 Å². The van der Waals surface area contributed by atoms with Crippen LogP contribution in [0.5, 0.6) is 0 Å². The van der Waals surface area contributed by atoms with Crippen molar-refractivity contribution in [3.63, 3.8) is 0 Å². The predicted molar refractivity (Wildman–Crippen MR) is 142 cm³/mol. The highest BCUT2D eigenvalue weighted by molar-refractivity contribution is 6.34. The molecular weight excluding hydrogens is 519 g/mol. The summed E-state index contributed by atoms with van der Waals surface area (Å²) < 4.78 is 41.6. The Morgan fingerprint density at radius 2 is 1.76 bits per heavy atom. The molecule has 0 bridgehead atoms. The highest BCUT2D eigenvalue weighted by Gasteiger charge is 2.62. The Morgan fingerprint density at radius 1 is 1.13 bits per heavy atom. The molecule has 6 nitrogen and oxygen atoms in total. The van der Waals surface area contributed by atoms with Crippen molar-refractivity contribution in [1.82, 2.24) is 9.80 Å². The van der Waals surface area contributed by atoms with Crippen molar-refractivity contribution < 1.29 is 27.9 Å². The van der Waals surface area contributed by atoms with Crippen LogP contribution in [0.15, 0.2) is 48.5 Å². The van der Waals surface area contributed by atoms with Crippen LogP contribution in [0.3, 0.4) is 0 Å². The van der Waals surface area contributed by atoms with Gasteiger partial charge in [0.2, 0.25) is 0 Å². The summed E-state index contributed by atoms with van der Waals surface area (Å²) in [5.41, 5.74) is -2.76. The zero-order chi connectivity index (χ0) is 28.1. The maximum Gasteiger partial charge on any atom is 0.430 e. The van der Waals surface area contributed by atoms with E-state index in [4.69, 9.17) is 11.6 Å². The molecule has 2 aromatic rings. The normalized spacial score (nSPS) is 17.0. The average molecular weight is 554 g/mol. The second-order valence-corrected chi connectivity index (χ2v) is 10.6. The van der Waals surface area contributed by atoms with E-state index in [0.29, 0.717) is 29.3 Å². The number of nitrogens with one attached hydrogen (secondary N) is 1. The van der Waals surface area contributed by atoms with Crippen LogP contribution in [0.25, 0.3) is 0 Å². The Kier molecular flexibility index (Phi) is 9.70. The number of carbonyl (C=O) groups is 2. The molecule has 0 aliphatic carbocycles. The molecule has 0 aromatic heterocycles. The predicted octanol–water partition coefficient (Wildman–Crippen LogP) is 5.70. The van der Waals surface area contributed by atoms with Gasteiger partial charge >= 0.3 is 6.18 Å². The van der Waals surface area contributed by atoms with Gasteiger partial charge in [0.1, 0.15) is 0 Å². The third-order valence-electron chi connectivity index (χ3n) is 7.08. The van der Waals surface area contributed by atoms with Crippen molar-refractivity contribution in [2.24, 2.45) is 5.92 Å². The molecule has 10 heteroatoms. The van der Waals surface area contributed by atoms with Gasteiger partial charge in [0.25, 0.3) is 17.4 Å². The molecule has 3 rings (SSSR count). The molecule has 1 fully saturated rings. The van der Waals surface area contributed by atoms with E-state index in [-0.39, 0.29) is 25.0 Å². The maximum atomic E-state index is 13.9. The van der Waals surface area contributed by atoms with Gasteiger partial charge in [-0.15, -0.1) is 0 Å². The van der Waals surface area contributed by atoms with Crippen molar-refractivity contribution in [3.8, 4) is 0 Å². The van der Waals surface area contributed by atoms with Gasteiger partial charge in [-0.25, -0.2) is 0 Å². The van der Waals surface area contributed by atoms with Crippen LogP contribution in [0.4, 0.5) is 18.9 Å². The average Bonchev–Trinajstić information content (AvgIpc) is 2.87. The topological polar surface area (TPSA) is 72.9 Å². The molecule has 208 valence electrons. The number of hydrogen-bond donors (Lipinski definition) is 2. The molecule has 2 N–H and O–H groups in total. The first-order valence-corrected chi connectivity index (χ1v) is 13.1. The Labute approximate surface area is 226 Å². The lowest BCUT2D eigenvalue weighted by Crippen LogP contribution is -2.57. The van der Waals surface area contributed by atoms with Gasteiger partial charge in [-0.1, -0.05) is 54.8 Å². The number of piperidine rings is 1. The summed E-state index contributed by atoms with van der Waals surface area (Å²) in [6, 6.07) is 11.9. The smallest absolute Gasteiger partial charge is 0.383 e. The molecule has 0 radical (unpaired) electrons. The highest BCUT2D eigenvalue weighted by atomic mass is 35.5. The lowest BCUT2D eigenvalue weighted by molar-refractivity contribution is -0.262. The monoisotopic (exact) mass is 553 g/mol. The summed E-state index contributed by atoms with van der Waals surface area (Å²) in [5.74, 6) is -1.18. The summed E-state index contributed by atoms with van der Waals surface area (Å²) in [6.45, 7) is 2.41. The summed E-state index contributed by atoms with van der Waals surface area (Å²) >= 11 is 6.29. The Hall–Kier alpha value is -2.78. The van der Waals surface area contributed by atoms with Crippen LogP contribution >= 0.6 is 11.6 Å². The van der Waals surface area contributed by atoms with E-state index in [1.165, 1.54) is 23.1 Å². The van der Waals surface area contributed by atoms with Crippen molar-refractivity contribution in [2.75, 3.05) is 32.5 Å². The number of benzene rings is 2. The minimum Gasteiger partial charge on any atom is -0.383 e. The fraction of sp³-hybridized carbons (Fsp3) is 0.500. The van der Waals surface area contributed by atoms with Gasteiger partial charge in [0, 0.05) is 44.5 Å². The van der Waals surface area contributed by atoms with Crippen LogP contribution in [0.1, 0.15) is 54.9 Å². The van der Waals surface area contributed by atoms with Crippen LogP contribution in [0, 0.1) is 5.92 Å². The quantitative estimate of drug-likeness (QED) is 0.418. The molecule has 1 aliphatic rings. The number of nitrogens with zero attached hydrogens (tertiary/aromatic N) is 2. The maximum absolute atomic E-state index is 13.9. The van der Waals surface area contributed by atoms with E-state index >= 15 is 0 Å². The lowest BCUT2D eigenvalue weighted by atomic mass is 9.87. The molecule has 38 heavy (non-hydrogen) atoms. The number of aliphatic hydroxyl groups is 1. The van der Waals surface area contributed by atoms with Crippen LogP contribution in [-0.4, -0.2) is 66.1 Å². The molecular formula is C28H35ClF3N3O3. The third kappa shape index (κ3) is 6.80. The fourth-order valence-corrected chi connectivity index (χ4v) is 5.09. The fourth-order valence-electron chi connectivity index (χ4n) is 4.83. The molecule has 2 atom stereocenters. The minimum absolute atomic E-state index is 0.149. The summed E-state index contributed by atoms with van der Waals surface area (Å²) in [6.07, 6.45) is -1.27. The largest absolute Gasteiger partial charge is 0.430 e. The van der Waals surface area contributed by atoms with E-state index in [0.717, 1.165) is 42.0 Å². The van der Waals surface area contributed by atoms with Gasteiger partial charge in [0.15, 0.2) is 0 Å². The van der Waals surface area contributed by atoms with E-state index < -0.39 is 23.2 Å². The summed E-state index contributed by atoms with van der Waals surface area (Å²) in [4.78, 5) is 27.6. The van der Waals surface area contributed by atoms with E-state index in [1.807, 2.05) is 6.07 Å². The molecule has 0 saturated carbocycles. The van der Waals surface area contributed by atoms with Gasteiger partial charge < -0.3 is 20.2 Å². The first-order chi connectivity index (χ1) is 17.8. The zero-order valence-corrected chi connectivity index (χ0v) is 22.6. The number of anilines is 1. The molecule has 1 heterocycles. The molecule has 0 spiro atoms. The standard InChI is InChI=1S/C28H35ClF3N3O3/c1-19(33-22-12-13-23(24(29)18-22)25(36)34(2)3)8-7-9-20-14-16-35(17-15-20)26(37)27(38,28(30,31)32)21-10-5-4-6-11-21/h4-6,10-13,18-20,33,38H,7-9,14-17H2,1-3H3/t19-,27+/m0/s1. The van der Waals surface area contributed by atoms with Crippen molar-refractivity contribution >= 4 is 29.1 Å². The minimum atomic E-state index is -5.13. The summed E-state index contributed by atoms with van der Waals surface area (Å²) in [7, 11) is 3.34. The Bertz CT molecular complexity index is 1110. The first kappa shape index (κ1) is 29.8. The number of hydrogen-bond acceptors (Lipinski definition) is 4. The second-order valence-electron chi connectivity index (χ2n) is 10.2. The van der Waals surface area contributed by atoms with Gasteiger partial charge in [-0.3, -0.25) is 9.59 Å². The van der Waals surface area contributed by atoms with Gasteiger partial charge in [0.05, 0.1) is 10.6 Å². The van der Waals surface area contributed by atoms with Crippen LogP contribution < -0.4 is 5.32 Å². The van der Waals surface area contributed by atoms with E-state index in [9.17, 15) is 27.9 Å². The number of likely N-dealkylation sites (tertiary alicyclic amines) is 1. The number of alkyl halides is 3. The van der Waals surface area contributed by atoms with E-state index in [2.05, 4.69) is 12.2 Å². The van der Waals surface area contributed by atoms with Gasteiger partial charge in [-0.05, 0) is 50.3 Å². The van der Waals surface area contributed by atoms with Crippen molar-refractivity contribution in [2.45, 2.75) is 56.8 Å². The third-order valence-corrected chi connectivity index (χ3v) is 7.39. The second kappa shape index (κ2) is 12.4. The molecule has 2 aromatic carbocycles. The highest BCUT2D eigenvalue weighted by Crippen LogP contribution is 2.41. The molecule has 2 amide bonds. The Balaban J connectivity index is 1.48. The van der Waals surface area contributed by atoms with Crippen molar-refractivity contribution in [3.05, 3.63) is 64.7 Å². The first-order valence-electron chi connectivity index (χ1n) is 12.8. The van der Waals surface area contributed by atoms with E-state index in [1.54, 1.807) is 26.2 Å². The Morgan fingerprint density at radius 3 is 2.32 bits per heavy atom. The van der Waals surface area contributed by atoms with Crippen LogP contribution in [0.2, 0.25) is 5.02 Å². The van der Waals surface area contributed by atoms with Crippen molar-refractivity contribution in [1.29, 1.82) is 0 Å². The molecule has 1 aliphatic heterocycles. The molecule has 1 saturated heterocycles.